The minimum Gasteiger partial charge on any atom is -0.456 e. The fraction of sp³-hybridized carbons (Fsp3) is 0.0204. The average Bonchev–Trinajstić information content (AvgIpc) is 3.90. The van der Waals surface area contributed by atoms with Gasteiger partial charge in [0.05, 0.1) is 11.1 Å². The van der Waals surface area contributed by atoms with E-state index in [4.69, 9.17) is 4.42 Å². The van der Waals surface area contributed by atoms with Gasteiger partial charge in [-0.05, 0) is 106 Å². The van der Waals surface area contributed by atoms with Gasteiger partial charge in [-0.3, -0.25) is 0 Å². The van der Waals surface area contributed by atoms with E-state index in [0.29, 0.717) is 0 Å². The van der Waals surface area contributed by atoms with E-state index in [1.807, 2.05) is 17.4 Å². The third kappa shape index (κ3) is 4.50. The number of hydrogen-bond acceptors (Lipinski definition) is 3. The predicted octanol–water partition coefficient (Wildman–Crippen LogP) is 14.3. The monoisotopic (exact) mass is 681 g/mol. The van der Waals surface area contributed by atoms with Gasteiger partial charge in [0.15, 0.2) is 0 Å². The minimum absolute atomic E-state index is 0.879. The van der Waals surface area contributed by atoms with Crippen molar-refractivity contribution in [2.45, 2.75) is 6.42 Å². The predicted molar refractivity (Wildman–Crippen MR) is 220 cm³/mol. The maximum Gasteiger partial charge on any atom is 0.137 e. The van der Waals surface area contributed by atoms with E-state index in [0.717, 1.165) is 45.4 Å². The van der Waals surface area contributed by atoms with Crippen LogP contribution in [0.1, 0.15) is 11.1 Å². The molecule has 2 nitrogen and oxygen atoms in total. The molecule has 0 N–H and O–H groups in total. The second kappa shape index (κ2) is 11.6. The summed E-state index contributed by atoms with van der Waals surface area (Å²) in [5, 5.41) is 4.84. The molecular formula is C49H31NOS. The Morgan fingerprint density at radius 3 is 2.08 bits per heavy atom. The number of fused-ring (bicyclic) bond motifs is 9. The first-order valence-electron chi connectivity index (χ1n) is 17.8. The van der Waals surface area contributed by atoms with Crippen LogP contribution in [0.15, 0.2) is 180 Å². The first kappa shape index (κ1) is 29.3. The minimum atomic E-state index is 0.879. The quantitative estimate of drug-likeness (QED) is 0.180. The summed E-state index contributed by atoms with van der Waals surface area (Å²) in [6.07, 6.45) is 0.985. The standard InChI is InChI=1S/C49H31NOS/c1-2-15-38-32(11-1)29-34-13-8-18-37(47(34)38)31-25-27-35(28-26-31)50(42-20-10-22-44-49(42)40-16-3-5-21-43(40)51-44)36-14-7-12-33(30-36)39-19-9-24-46-48(39)41-17-4-6-23-45(41)52-46/h1-28,30H,29H2. The van der Waals surface area contributed by atoms with E-state index in [2.05, 4.69) is 175 Å². The number of thiophene rings is 1. The molecule has 0 fully saturated rings. The van der Waals surface area contributed by atoms with Crippen LogP contribution < -0.4 is 4.90 Å². The number of nitrogens with zero attached hydrogens (tertiary/aromatic N) is 1. The SMILES string of the molecule is c1cc(-c2cccc3sc4ccccc4c23)cc(N(c2ccc(-c3cccc4c3-c3ccccc3C4)cc2)c2cccc3oc4ccccc4c23)c1. The fourth-order valence-corrected chi connectivity index (χ4v) is 9.55. The molecule has 0 spiro atoms. The van der Waals surface area contributed by atoms with Crippen LogP contribution in [-0.2, 0) is 6.42 Å². The van der Waals surface area contributed by atoms with Crippen molar-refractivity contribution in [3.05, 3.63) is 187 Å². The van der Waals surface area contributed by atoms with Gasteiger partial charge in [-0.15, -0.1) is 11.3 Å². The van der Waals surface area contributed by atoms with Gasteiger partial charge < -0.3 is 9.32 Å². The lowest BCUT2D eigenvalue weighted by molar-refractivity contribution is 0.669. The molecule has 1 aliphatic carbocycles. The summed E-state index contributed by atoms with van der Waals surface area (Å²) in [4.78, 5) is 2.40. The van der Waals surface area contributed by atoms with Crippen molar-refractivity contribution in [1.82, 2.24) is 0 Å². The summed E-state index contributed by atoms with van der Waals surface area (Å²) in [5.41, 5.74) is 15.5. The van der Waals surface area contributed by atoms with E-state index in [1.165, 1.54) is 64.7 Å². The van der Waals surface area contributed by atoms with Crippen molar-refractivity contribution in [2.24, 2.45) is 0 Å². The molecule has 0 unspecified atom stereocenters. The van der Waals surface area contributed by atoms with Crippen LogP contribution in [0.3, 0.4) is 0 Å². The molecule has 1 aliphatic rings. The summed E-state index contributed by atoms with van der Waals surface area (Å²) in [7, 11) is 0. The Balaban J connectivity index is 1.10. The molecule has 11 rings (SSSR count). The summed E-state index contributed by atoms with van der Waals surface area (Å²) >= 11 is 1.86. The molecule has 0 aliphatic heterocycles. The van der Waals surface area contributed by atoms with Gasteiger partial charge in [0.2, 0.25) is 0 Å². The van der Waals surface area contributed by atoms with E-state index >= 15 is 0 Å². The molecule has 2 heterocycles. The first-order chi connectivity index (χ1) is 25.8. The highest BCUT2D eigenvalue weighted by molar-refractivity contribution is 7.25. The van der Waals surface area contributed by atoms with Gasteiger partial charge in [0, 0.05) is 36.9 Å². The van der Waals surface area contributed by atoms with E-state index in [9.17, 15) is 0 Å². The highest BCUT2D eigenvalue weighted by atomic mass is 32.1. The third-order valence-electron chi connectivity index (χ3n) is 10.7. The molecule has 2 aromatic heterocycles. The van der Waals surface area contributed by atoms with Gasteiger partial charge in [0.25, 0.3) is 0 Å². The Kier molecular flexibility index (Phi) is 6.52. The number of furan rings is 1. The summed E-state index contributed by atoms with van der Waals surface area (Å²) < 4.78 is 9.03. The lowest BCUT2D eigenvalue weighted by Gasteiger charge is -2.27. The van der Waals surface area contributed by atoms with Gasteiger partial charge in [-0.1, -0.05) is 121 Å². The molecule has 0 radical (unpaired) electrons. The normalized spacial score (nSPS) is 12.2. The lowest BCUT2D eigenvalue weighted by atomic mass is 9.94. The zero-order chi connectivity index (χ0) is 34.2. The Morgan fingerprint density at radius 2 is 1.13 bits per heavy atom. The smallest absolute Gasteiger partial charge is 0.137 e. The highest BCUT2D eigenvalue weighted by Gasteiger charge is 2.23. The molecule has 10 aromatic rings. The summed E-state index contributed by atoms with van der Waals surface area (Å²) in [6, 6.07) is 63.9. The van der Waals surface area contributed by atoms with Crippen LogP contribution in [0.2, 0.25) is 0 Å². The number of para-hydroxylation sites is 1. The van der Waals surface area contributed by atoms with Gasteiger partial charge >= 0.3 is 0 Å². The van der Waals surface area contributed by atoms with Crippen LogP contribution in [-0.4, -0.2) is 0 Å². The molecule has 0 saturated carbocycles. The van der Waals surface area contributed by atoms with Gasteiger partial charge in [-0.25, -0.2) is 0 Å². The van der Waals surface area contributed by atoms with Crippen molar-refractivity contribution in [2.75, 3.05) is 4.90 Å². The number of rotatable bonds is 5. The summed E-state index contributed by atoms with van der Waals surface area (Å²) in [5.74, 6) is 0. The molecule has 0 bridgehead atoms. The van der Waals surface area contributed by atoms with Crippen LogP contribution >= 0.6 is 11.3 Å². The van der Waals surface area contributed by atoms with Crippen molar-refractivity contribution in [3.63, 3.8) is 0 Å². The number of anilines is 3. The van der Waals surface area contributed by atoms with Crippen LogP contribution in [0.25, 0.3) is 75.5 Å². The number of hydrogen-bond donors (Lipinski definition) is 0. The van der Waals surface area contributed by atoms with Crippen LogP contribution in [0.5, 0.6) is 0 Å². The zero-order valence-electron chi connectivity index (χ0n) is 28.2. The highest BCUT2D eigenvalue weighted by Crippen LogP contribution is 2.47. The molecule has 0 amide bonds. The Labute approximate surface area is 305 Å². The third-order valence-corrected chi connectivity index (χ3v) is 11.8. The molecule has 0 saturated heterocycles. The van der Waals surface area contributed by atoms with Crippen LogP contribution in [0, 0.1) is 0 Å². The fourth-order valence-electron chi connectivity index (χ4n) is 8.42. The molecule has 244 valence electrons. The lowest BCUT2D eigenvalue weighted by Crippen LogP contribution is -2.10. The van der Waals surface area contributed by atoms with Crippen molar-refractivity contribution in [3.8, 4) is 33.4 Å². The van der Waals surface area contributed by atoms with Crippen molar-refractivity contribution in [1.29, 1.82) is 0 Å². The Hall–Kier alpha value is -6.42. The zero-order valence-corrected chi connectivity index (χ0v) is 29.0. The second-order valence-electron chi connectivity index (χ2n) is 13.6. The van der Waals surface area contributed by atoms with E-state index in [1.54, 1.807) is 0 Å². The molecule has 0 atom stereocenters. The summed E-state index contributed by atoms with van der Waals surface area (Å²) in [6.45, 7) is 0. The molecule has 3 heteroatoms. The molecule has 8 aromatic carbocycles. The van der Waals surface area contributed by atoms with E-state index in [-0.39, 0.29) is 0 Å². The second-order valence-corrected chi connectivity index (χ2v) is 14.7. The maximum absolute atomic E-state index is 6.41. The largest absolute Gasteiger partial charge is 0.456 e. The molecular weight excluding hydrogens is 651 g/mol. The van der Waals surface area contributed by atoms with Crippen molar-refractivity contribution >= 4 is 70.5 Å². The average molecular weight is 682 g/mol. The van der Waals surface area contributed by atoms with E-state index < -0.39 is 0 Å². The van der Waals surface area contributed by atoms with Gasteiger partial charge in [-0.2, -0.15) is 0 Å². The Bertz CT molecular complexity index is 3000. The van der Waals surface area contributed by atoms with Gasteiger partial charge in [0.1, 0.15) is 11.2 Å². The first-order valence-corrected chi connectivity index (χ1v) is 18.6. The molecule has 52 heavy (non-hydrogen) atoms. The maximum atomic E-state index is 6.41. The Morgan fingerprint density at radius 1 is 0.442 bits per heavy atom. The number of benzene rings is 8. The van der Waals surface area contributed by atoms with Crippen molar-refractivity contribution < 1.29 is 4.42 Å². The topological polar surface area (TPSA) is 16.4 Å². The van der Waals surface area contributed by atoms with Crippen LogP contribution in [0.4, 0.5) is 17.1 Å².